The number of ether oxygens (including phenoxy) is 2. The number of carbonyl (C=O) groups is 1. The standard InChI is InChI=1S/C32H31ClN6O5/c1-31(2,3)44-30(40)38-14-12-32(4,19-38)11-10-21-15-26-24(17-27(21)39(41)42)29(36-20-35-26)37-22-8-9-28(25(33)16-22)43-18-23-7-5-6-13-34-23/h5-9,13,15-17,20H,12,14,18-19H2,1-4H3,(H,35,36,37). The lowest BCUT2D eigenvalue weighted by molar-refractivity contribution is -0.385. The molecule has 0 bridgehead atoms. The van der Waals surface area contributed by atoms with Crippen LogP contribution < -0.4 is 10.1 Å². The third-order valence-electron chi connectivity index (χ3n) is 6.87. The van der Waals surface area contributed by atoms with Crippen LogP contribution >= 0.6 is 11.6 Å². The van der Waals surface area contributed by atoms with Gasteiger partial charge in [0.2, 0.25) is 0 Å². The number of likely N-dealkylation sites (tertiary alicyclic amines) is 1. The van der Waals surface area contributed by atoms with Gasteiger partial charge in [0, 0.05) is 41.8 Å². The molecule has 11 nitrogen and oxygen atoms in total. The molecular formula is C32H31ClN6O5. The minimum Gasteiger partial charge on any atom is -0.486 e. The Morgan fingerprint density at radius 3 is 2.70 bits per heavy atom. The number of anilines is 2. The summed E-state index contributed by atoms with van der Waals surface area (Å²) in [5, 5.41) is 16.1. The monoisotopic (exact) mass is 614 g/mol. The van der Waals surface area contributed by atoms with Crippen molar-refractivity contribution in [3.8, 4) is 17.6 Å². The van der Waals surface area contributed by atoms with Crippen LogP contribution in [-0.4, -0.2) is 49.6 Å². The fourth-order valence-corrected chi connectivity index (χ4v) is 4.91. The number of nitro groups is 1. The molecule has 2 aromatic heterocycles. The predicted octanol–water partition coefficient (Wildman–Crippen LogP) is 6.91. The Balaban J connectivity index is 1.36. The summed E-state index contributed by atoms with van der Waals surface area (Å²) < 4.78 is 11.3. The minimum absolute atomic E-state index is 0.176. The lowest BCUT2D eigenvalue weighted by atomic mass is 9.90. The topological polar surface area (TPSA) is 133 Å². The third kappa shape index (κ3) is 7.33. The average Bonchev–Trinajstić information content (AvgIpc) is 3.37. The first-order valence-electron chi connectivity index (χ1n) is 13.9. The van der Waals surface area contributed by atoms with Crippen LogP contribution in [-0.2, 0) is 11.3 Å². The lowest BCUT2D eigenvalue weighted by Gasteiger charge is -2.25. The van der Waals surface area contributed by atoms with E-state index in [0.717, 1.165) is 5.69 Å². The Morgan fingerprint density at radius 1 is 1.18 bits per heavy atom. The van der Waals surface area contributed by atoms with Gasteiger partial charge >= 0.3 is 6.09 Å². The second kappa shape index (κ2) is 12.3. The normalized spacial score (nSPS) is 16.2. The maximum Gasteiger partial charge on any atom is 0.410 e. The Bertz CT molecular complexity index is 1780. The number of benzene rings is 2. The van der Waals surface area contributed by atoms with E-state index in [1.165, 1.54) is 12.4 Å². The number of nitrogens with zero attached hydrogens (tertiary/aromatic N) is 5. The molecule has 12 heteroatoms. The van der Waals surface area contributed by atoms with Gasteiger partial charge in [0.15, 0.2) is 0 Å². The molecule has 1 fully saturated rings. The van der Waals surface area contributed by atoms with E-state index in [-0.39, 0.29) is 17.9 Å². The van der Waals surface area contributed by atoms with E-state index in [2.05, 4.69) is 32.1 Å². The van der Waals surface area contributed by atoms with Crippen LogP contribution in [0, 0.1) is 27.4 Å². The molecule has 1 amide bonds. The third-order valence-corrected chi connectivity index (χ3v) is 7.17. The first kappa shape index (κ1) is 30.5. The molecule has 0 spiro atoms. The van der Waals surface area contributed by atoms with Gasteiger partial charge in [-0.3, -0.25) is 15.1 Å². The van der Waals surface area contributed by atoms with E-state index in [4.69, 9.17) is 21.1 Å². The molecule has 1 atom stereocenters. The van der Waals surface area contributed by atoms with Crippen LogP contribution in [0.4, 0.5) is 22.0 Å². The van der Waals surface area contributed by atoms with Gasteiger partial charge in [-0.2, -0.15) is 0 Å². The zero-order valence-corrected chi connectivity index (χ0v) is 25.5. The van der Waals surface area contributed by atoms with Crippen molar-refractivity contribution in [2.75, 3.05) is 18.4 Å². The van der Waals surface area contributed by atoms with Gasteiger partial charge in [-0.25, -0.2) is 14.8 Å². The summed E-state index contributed by atoms with van der Waals surface area (Å²) in [7, 11) is 0. The zero-order valence-electron chi connectivity index (χ0n) is 24.8. The predicted molar refractivity (Wildman–Crippen MR) is 167 cm³/mol. The Hall–Kier alpha value is -4.95. The summed E-state index contributed by atoms with van der Waals surface area (Å²) in [6.07, 6.45) is 3.28. The number of fused-ring (bicyclic) bond motifs is 1. The molecule has 0 aliphatic carbocycles. The van der Waals surface area contributed by atoms with Crippen molar-refractivity contribution in [2.24, 2.45) is 5.41 Å². The molecule has 2 aromatic carbocycles. The van der Waals surface area contributed by atoms with Crippen molar-refractivity contribution >= 4 is 45.8 Å². The quantitative estimate of drug-likeness (QED) is 0.140. The molecule has 1 saturated heterocycles. The molecule has 226 valence electrons. The molecule has 3 heterocycles. The zero-order chi connectivity index (χ0) is 31.5. The van der Waals surface area contributed by atoms with Gasteiger partial charge in [0.1, 0.15) is 35.7 Å². The SMILES string of the molecule is CC1(C#Cc2cc3ncnc(Nc4ccc(OCc5ccccn5)c(Cl)c4)c3cc2[N+](=O)[O-])CCN(C(=O)OC(C)(C)C)C1. The highest BCUT2D eigenvalue weighted by Crippen LogP contribution is 2.34. The van der Waals surface area contributed by atoms with Gasteiger partial charge in [-0.1, -0.05) is 29.5 Å². The highest BCUT2D eigenvalue weighted by molar-refractivity contribution is 6.32. The Labute approximate surface area is 259 Å². The number of amides is 1. The second-order valence-corrected chi connectivity index (χ2v) is 12.1. The van der Waals surface area contributed by atoms with E-state index in [0.29, 0.717) is 52.7 Å². The minimum atomic E-state index is -0.604. The Kier molecular flexibility index (Phi) is 8.56. The summed E-state index contributed by atoms with van der Waals surface area (Å²) in [4.78, 5) is 38.7. The van der Waals surface area contributed by atoms with Crippen LogP contribution in [0.1, 0.15) is 45.4 Å². The van der Waals surface area contributed by atoms with Crippen molar-refractivity contribution in [2.45, 2.75) is 46.3 Å². The van der Waals surface area contributed by atoms with Crippen LogP contribution in [0.2, 0.25) is 5.02 Å². The number of aromatic nitrogens is 3. The summed E-state index contributed by atoms with van der Waals surface area (Å²) in [6.45, 7) is 8.49. The molecule has 44 heavy (non-hydrogen) atoms. The van der Waals surface area contributed by atoms with E-state index >= 15 is 0 Å². The summed E-state index contributed by atoms with van der Waals surface area (Å²) in [6, 6.07) is 13.7. The lowest BCUT2D eigenvalue weighted by Crippen LogP contribution is -2.36. The molecule has 0 saturated carbocycles. The van der Waals surface area contributed by atoms with Gasteiger partial charge in [-0.15, -0.1) is 0 Å². The van der Waals surface area contributed by atoms with Crippen molar-refractivity contribution in [3.63, 3.8) is 0 Å². The summed E-state index contributed by atoms with van der Waals surface area (Å²) in [5.41, 5.74) is 0.745. The van der Waals surface area contributed by atoms with Crippen molar-refractivity contribution in [1.29, 1.82) is 0 Å². The molecule has 4 aromatic rings. The molecule has 1 unspecified atom stereocenters. The van der Waals surface area contributed by atoms with Gasteiger partial charge in [-0.05, 0) is 70.5 Å². The number of nitrogens with one attached hydrogen (secondary N) is 1. The number of carbonyl (C=O) groups excluding carboxylic acids is 1. The molecule has 1 N–H and O–H groups in total. The number of hydrogen-bond acceptors (Lipinski definition) is 9. The summed E-state index contributed by atoms with van der Waals surface area (Å²) >= 11 is 6.47. The largest absolute Gasteiger partial charge is 0.486 e. The van der Waals surface area contributed by atoms with Crippen molar-refractivity contribution in [3.05, 3.63) is 87.4 Å². The molecule has 5 rings (SSSR count). The highest BCUT2D eigenvalue weighted by Gasteiger charge is 2.36. The maximum atomic E-state index is 12.5. The van der Waals surface area contributed by atoms with Crippen LogP contribution in [0.15, 0.2) is 61.1 Å². The van der Waals surface area contributed by atoms with Gasteiger partial charge in [0.25, 0.3) is 5.69 Å². The molecule has 1 aliphatic rings. The molecule has 1 aliphatic heterocycles. The smallest absolute Gasteiger partial charge is 0.410 e. The summed E-state index contributed by atoms with van der Waals surface area (Å²) in [5.74, 6) is 7.02. The number of pyridine rings is 1. The first-order chi connectivity index (χ1) is 20.9. The van der Waals surface area contributed by atoms with Crippen LogP contribution in [0.3, 0.4) is 0 Å². The second-order valence-electron chi connectivity index (χ2n) is 11.7. The van der Waals surface area contributed by atoms with E-state index in [1.54, 1.807) is 35.4 Å². The Morgan fingerprint density at radius 2 is 2.00 bits per heavy atom. The number of rotatable bonds is 6. The van der Waals surface area contributed by atoms with Crippen molar-refractivity contribution in [1.82, 2.24) is 19.9 Å². The van der Waals surface area contributed by atoms with E-state index in [1.807, 2.05) is 45.9 Å². The highest BCUT2D eigenvalue weighted by atomic mass is 35.5. The average molecular weight is 615 g/mol. The fourth-order valence-electron chi connectivity index (χ4n) is 4.67. The number of halogens is 1. The fraction of sp³-hybridized carbons (Fsp3) is 0.312. The molecule has 0 radical (unpaired) electrons. The van der Waals surface area contributed by atoms with Crippen LogP contribution in [0.5, 0.6) is 5.75 Å². The van der Waals surface area contributed by atoms with Crippen molar-refractivity contribution < 1.29 is 19.2 Å². The van der Waals surface area contributed by atoms with E-state index in [9.17, 15) is 14.9 Å². The first-order valence-corrected chi connectivity index (χ1v) is 14.3. The van der Waals surface area contributed by atoms with Crippen LogP contribution in [0.25, 0.3) is 10.9 Å². The molecular weight excluding hydrogens is 584 g/mol. The van der Waals surface area contributed by atoms with Gasteiger partial charge in [0.05, 0.1) is 21.2 Å². The maximum absolute atomic E-state index is 12.5. The number of hydrogen-bond donors (Lipinski definition) is 1. The number of nitro benzene ring substituents is 1. The van der Waals surface area contributed by atoms with E-state index < -0.39 is 22.0 Å². The van der Waals surface area contributed by atoms with Gasteiger partial charge < -0.3 is 19.7 Å².